The summed E-state index contributed by atoms with van der Waals surface area (Å²) >= 11 is 3.30. The molecular weight excluding hydrogens is 310 g/mol. The molecule has 0 aliphatic heterocycles. The molecule has 5 heteroatoms. The van der Waals surface area contributed by atoms with Crippen molar-refractivity contribution in [3.63, 3.8) is 0 Å². The van der Waals surface area contributed by atoms with Crippen LogP contribution in [0.15, 0.2) is 41.4 Å². The van der Waals surface area contributed by atoms with E-state index in [9.17, 15) is 9.59 Å². The number of rotatable bonds is 6. The number of carbonyl (C=O) groups is 2. The van der Waals surface area contributed by atoms with E-state index in [-0.39, 0.29) is 5.91 Å². The number of methoxy groups -OCH3 is 1. The summed E-state index contributed by atoms with van der Waals surface area (Å²) in [6.07, 6.45) is 2.79. The molecule has 0 radical (unpaired) electrons. The lowest BCUT2D eigenvalue weighted by Crippen LogP contribution is -2.41. The number of ether oxygens (including phenoxy) is 1. The number of benzene rings is 1. The summed E-state index contributed by atoms with van der Waals surface area (Å²) < 4.78 is 5.48. The van der Waals surface area contributed by atoms with E-state index in [0.29, 0.717) is 18.4 Å². The molecule has 1 aromatic rings. The topological polar surface area (TPSA) is 55.4 Å². The van der Waals surface area contributed by atoms with Gasteiger partial charge in [-0.2, -0.15) is 0 Å². The molecule has 0 unspecified atom stereocenters. The van der Waals surface area contributed by atoms with Crippen LogP contribution in [0.5, 0.6) is 0 Å². The molecule has 4 nitrogen and oxygen atoms in total. The number of hydrogen-bond donors (Lipinski definition) is 1. The quantitative estimate of drug-likeness (QED) is 0.646. The van der Waals surface area contributed by atoms with Crippen LogP contribution in [-0.2, 0) is 9.53 Å². The fraction of sp³-hybridized carbons (Fsp3) is 0.286. The molecule has 1 amide bonds. The van der Waals surface area contributed by atoms with Crippen molar-refractivity contribution in [2.45, 2.75) is 18.9 Å². The number of amides is 1. The normalized spacial score (nSPS) is 11.5. The van der Waals surface area contributed by atoms with Gasteiger partial charge in [0.25, 0.3) is 5.91 Å². The average Bonchev–Trinajstić information content (AvgIpc) is 2.42. The molecule has 0 bridgehead atoms. The highest BCUT2D eigenvalue weighted by Gasteiger charge is 2.21. The van der Waals surface area contributed by atoms with E-state index in [0.717, 1.165) is 4.47 Å². The van der Waals surface area contributed by atoms with Gasteiger partial charge in [0.15, 0.2) is 0 Å². The summed E-state index contributed by atoms with van der Waals surface area (Å²) in [7, 11) is 1.30. The Morgan fingerprint density at radius 2 is 2.26 bits per heavy atom. The fourth-order valence-corrected chi connectivity index (χ4v) is 1.95. The van der Waals surface area contributed by atoms with Gasteiger partial charge in [-0.15, -0.1) is 6.58 Å². The number of hydrogen-bond acceptors (Lipinski definition) is 3. The van der Waals surface area contributed by atoms with Crippen LogP contribution in [0, 0.1) is 0 Å². The number of nitrogens with one attached hydrogen (secondary N) is 1. The van der Waals surface area contributed by atoms with Crippen molar-refractivity contribution in [2.75, 3.05) is 7.11 Å². The minimum absolute atomic E-state index is 0.305. The van der Waals surface area contributed by atoms with Gasteiger partial charge in [0, 0.05) is 10.0 Å². The highest BCUT2D eigenvalue weighted by molar-refractivity contribution is 9.10. The maximum absolute atomic E-state index is 12.0. The van der Waals surface area contributed by atoms with Gasteiger partial charge in [0.05, 0.1) is 7.11 Å². The Labute approximate surface area is 121 Å². The number of allylic oxidation sites excluding steroid dienone is 1. The van der Waals surface area contributed by atoms with E-state index in [1.807, 2.05) is 6.07 Å². The smallest absolute Gasteiger partial charge is 0.328 e. The molecule has 0 aromatic heterocycles. The molecule has 0 heterocycles. The van der Waals surface area contributed by atoms with E-state index in [2.05, 4.69) is 32.6 Å². The first-order valence-electron chi connectivity index (χ1n) is 5.83. The van der Waals surface area contributed by atoms with Crippen molar-refractivity contribution in [3.8, 4) is 0 Å². The van der Waals surface area contributed by atoms with E-state index >= 15 is 0 Å². The lowest BCUT2D eigenvalue weighted by molar-refractivity contribution is -0.143. The first kappa shape index (κ1) is 15.4. The minimum Gasteiger partial charge on any atom is -0.467 e. The Hall–Kier alpha value is -1.62. The predicted molar refractivity (Wildman–Crippen MR) is 76.8 cm³/mol. The zero-order valence-corrected chi connectivity index (χ0v) is 12.3. The number of halogens is 1. The molecule has 1 atom stereocenters. The first-order chi connectivity index (χ1) is 9.08. The van der Waals surface area contributed by atoms with Crippen LogP contribution >= 0.6 is 15.9 Å². The van der Waals surface area contributed by atoms with Gasteiger partial charge in [-0.3, -0.25) is 4.79 Å². The van der Waals surface area contributed by atoms with E-state index in [1.54, 1.807) is 24.3 Å². The summed E-state index contributed by atoms with van der Waals surface area (Å²) in [6, 6.07) is 6.30. The lowest BCUT2D eigenvalue weighted by atomic mass is 10.1. The van der Waals surface area contributed by atoms with Crippen LogP contribution in [0.25, 0.3) is 0 Å². The van der Waals surface area contributed by atoms with E-state index < -0.39 is 12.0 Å². The molecule has 0 saturated carbocycles. The zero-order valence-electron chi connectivity index (χ0n) is 10.7. The van der Waals surface area contributed by atoms with Crippen molar-refractivity contribution in [1.82, 2.24) is 5.32 Å². The number of carbonyl (C=O) groups excluding carboxylic acids is 2. The standard InChI is InChI=1S/C14H16BrNO3/c1-3-4-8-12(14(18)19-2)16-13(17)10-6-5-7-11(15)9-10/h3,5-7,9,12H,1,4,8H2,2H3,(H,16,17)/t12-/m0/s1. The van der Waals surface area contributed by atoms with E-state index in [4.69, 9.17) is 0 Å². The molecule has 0 saturated heterocycles. The maximum Gasteiger partial charge on any atom is 0.328 e. The van der Waals surface area contributed by atoms with Gasteiger partial charge < -0.3 is 10.1 Å². The molecule has 0 aliphatic carbocycles. The van der Waals surface area contributed by atoms with Crippen molar-refractivity contribution < 1.29 is 14.3 Å². The largest absolute Gasteiger partial charge is 0.467 e. The Morgan fingerprint density at radius 3 is 2.84 bits per heavy atom. The molecular formula is C14H16BrNO3. The molecule has 19 heavy (non-hydrogen) atoms. The summed E-state index contributed by atoms with van der Waals surface area (Å²) in [5.41, 5.74) is 0.488. The van der Waals surface area contributed by atoms with Crippen LogP contribution in [-0.4, -0.2) is 25.0 Å². The number of esters is 1. The van der Waals surface area contributed by atoms with Gasteiger partial charge >= 0.3 is 5.97 Å². The lowest BCUT2D eigenvalue weighted by Gasteiger charge is -2.15. The minimum atomic E-state index is -0.658. The first-order valence-corrected chi connectivity index (χ1v) is 6.63. The predicted octanol–water partition coefficient (Wildman–Crippen LogP) is 2.69. The van der Waals surface area contributed by atoms with Crippen molar-refractivity contribution >= 4 is 27.8 Å². The summed E-state index contributed by atoms with van der Waals surface area (Å²) in [5.74, 6) is -0.758. The Morgan fingerprint density at radius 1 is 1.53 bits per heavy atom. The molecule has 0 spiro atoms. The van der Waals surface area contributed by atoms with Gasteiger partial charge in [-0.05, 0) is 31.0 Å². The second-order valence-corrected chi connectivity index (χ2v) is 4.84. The van der Waals surface area contributed by atoms with E-state index in [1.165, 1.54) is 7.11 Å². The van der Waals surface area contributed by atoms with Crippen LogP contribution in [0.1, 0.15) is 23.2 Å². The van der Waals surface area contributed by atoms with Crippen molar-refractivity contribution in [2.24, 2.45) is 0 Å². The van der Waals surface area contributed by atoms with Crippen LogP contribution in [0.4, 0.5) is 0 Å². The van der Waals surface area contributed by atoms with Gasteiger partial charge in [-0.25, -0.2) is 4.79 Å². The Bertz CT molecular complexity index is 474. The van der Waals surface area contributed by atoms with Crippen molar-refractivity contribution in [1.29, 1.82) is 0 Å². The highest BCUT2D eigenvalue weighted by atomic mass is 79.9. The molecule has 0 fully saturated rings. The molecule has 102 valence electrons. The monoisotopic (exact) mass is 325 g/mol. The molecule has 1 rings (SSSR count). The van der Waals surface area contributed by atoms with Gasteiger partial charge in [0.1, 0.15) is 6.04 Å². The van der Waals surface area contributed by atoms with Gasteiger partial charge in [0.2, 0.25) is 0 Å². The molecule has 0 aliphatic rings. The third-order valence-corrected chi connectivity index (χ3v) is 3.03. The fourth-order valence-electron chi connectivity index (χ4n) is 1.55. The summed E-state index contributed by atoms with van der Waals surface area (Å²) in [6.45, 7) is 3.60. The van der Waals surface area contributed by atoms with Crippen LogP contribution in [0.3, 0.4) is 0 Å². The Balaban J connectivity index is 2.75. The zero-order chi connectivity index (χ0) is 14.3. The Kier molecular flexibility index (Phi) is 6.29. The van der Waals surface area contributed by atoms with Crippen LogP contribution in [0.2, 0.25) is 0 Å². The third kappa shape index (κ3) is 4.87. The highest BCUT2D eigenvalue weighted by Crippen LogP contribution is 2.12. The third-order valence-electron chi connectivity index (χ3n) is 2.54. The second-order valence-electron chi connectivity index (χ2n) is 3.93. The molecule has 1 N–H and O–H groups in total. The maximum atomic E-state index is 12.0. The van der Waals surface area contributed by atoms with Gasteiger partial charge in [-0.1, -0.05) is 28.1 Å². The average molecular weight is 326 g/mol. The second kappa shape index (κ2) is 7.74. The summed E-state index contributed by atoms with van der Waals surface area (Å²) in [5, 5.41) is 2.66. The summed E-state index contributed by atoms with van der Waals surface area (Å²) in [4.78, 5) is 23.6. The molecule has 1 aromatic carbocycles. The van der Waals surface area contributed by atoms with Crippen molar-refractivity contribution in [3.05, 3.63) is 47.0 Å². The SMILES string of the molecule is C=CCC[C@H](NC(=O)c1cccc(Br)c1)C(=O)OC. The van der Waals surface area contributed by atoms with Crippen LogP contribution < -0.4 is 5.32 Å².